The maximum atomic E-state index is 13.8. The molecular formula is C76H97N18O21S4Si2+. The Morgan fingerprint density at radius 2 is 1.44 bits per heavy atom. The first-order chi connectivity index (χ1) is 57.2. The van der Waals surface area contributed by atoms with E-state index < -0.39 is 166 Å². The number of imide groups is 1. The van der Waals surface area contributed by atoms with Crippen molar-refractivity contribution in [3.05, 3.63) is 130 Å². The Bertz CT molecular complexity index is 5570. The van der Waals surface area contributed by atoms with Gasteiger partial charge >= 0.3 is 17.9 Å². The summed E-state index contributed by atoms with van der Waals surface area (Å²) in [6.07, 6.45) is 2.34. The summed E-state index contributed by atoms with van der Waals surface area (Å²) in [5.74, 6) is -10.7. The van der Waals surface area contributed by atoms with Gasteiger partial charge in [0.2, 0.25) is 56.8 Å². The summed E-state index contributed by atoms with van der Waals surface area (Å²) in [5, 5.41) is 45.6. The number of aromatic amines is 1. The van der Waals surface area contributed by atoms with Gasteiger partial charge in [-0.1, -0.05) is 17.8 Å². The van der Waals surface area contributed by atoms with Crippen molar-refractivity contribution in [2.75, 3.05) is 72.9 Å². The number of sulfonamides is 1. The molecule has 16 N–H and O–H groups in total. The minimum Gasteiger partial charge on any atom is -0.481 e. The van der Waals surface area contributed by atoms with Crippen molar-refractivity contribution < 1.29 is 93.2 Å². The first-order valence-electron chi connectivity index (χ1n) is 38.5. The van der Waals surface area contributed by atoms with Gasteiger partial charge in [0.25, 0.3) is 21.6 Å². The van der Waals surface area contributed by atoms with Gasteiger partial charge in [0.15, 0.2) is 33.0 Å². The zero-order chi connectivity index (χ0) is 88.4. The van der Waals surface area contributed by atoms with Crippen LogP contribution >= 0.6 is 23.5 Å². The number of nitrogen functional groups attached to an aromatic ring is 1. The van der Waals surface area contributed by atoms with Gasteiger partial charge in [0.05, 0.1) is 47.6 Å². The highest BCUT2D eigenvalue weighted by Crippen LogP contribution is 2.44. The topological polar surface area (TPSA) is 585 Å². The number of carbonyl (C=O) groups is 10. The Balaban J connectivity index is 0.683. The van der Waals surface area contributed by atoms with Crippen LogP contribution in [0.3, 0.4) is 0 Å². The van der Waals surface area contributed by atoms with E-state index in [0.717, 1.165) is 33.8 Å². The van der Waals surface area contributed by atoms with Crippen molar-refractivity contribution in [1.82, 2.24) is 70.7 Å². The molecule has 3 aromatic carbocycles. The largest absolute Gasteiger partial charge is 0.481 e. The van der Waals surface area contributed by atoms with Crippen molar-refractivity contribution >= 4 is 159 Å². The molecule has 5 atom stereocenters. The molecule has 1 aliphatic carbocycles. The number of hydrogen-bond donors (Lipinski definition) is 14. The molecule has 121 heavy (non-hydrogen) atoms. The van der Waals surface area contributed by atoms with Gasteiger partial charge in [-0.2, -0.15) is 13.4 Å². The number of carboxylic acids is 3. The van der Waals surface area contributed by atoms with Crippen LogP contribution in [0.15, 0.2) is 122 Å². The Kier molecular flexibility index (Phi) is 32.1. The molecule has 2 aliphatic heterocycles. The van der Waals surface area contributed by atoms with Crippen molar-refractivity contribution in [3.63, 3.8) is 0 Å². The first kappa shape index (κ1) is 93.7. The highest BCUT2D eigenvalue weighted by molar-refractivity contribution is 8.01. The number of nitrogens with zero attached hydrogens (tertiary/aromatic N) is 8. The number of benzene rings is 4. The third-order valence-electron chi connectivity index (χ3n) is 19.4. The fraction of sp³-hybridized carbons (Fsp3) is 0.408. The summed E-state index contributed by atoms with van der Waals surface area (Å²) < 4.78 is 82.7. The van der Waals surface area contributed by atoms with Gasteiger partial charge in [0, 0.05) is 132 Å². The zero-order valence-electron chi connectivity index (χ0n) is 67.4. The fourth-order valence-electron chi connectivity index (χ4n) is 13.3. The third-order valence-corrected chi connectivity index (χ3v) is 32.8. The molecule has 0 radical (unpaired) electrons. The molecule has 1 unspecified atom stereocenters. The second-order valence-corrected chi connectivity index (χ2v) is 43.8. The molecule has 648 valence electrons. The molecule has 0 bridgehead atoms. The molecule has 9 rings (SSSR count). The lowest BCUT2D eigenvalue weighted by atomic mass is 9.93. The van der Waals surface area contributed by atoms with Crippen molar-refractivity contribution in [3.8, 4) is 22.5 Å². The summed E-state index contributed by atoms with van der Waals surface area (Å²) in [4.78, 5) is 167. The van der Waals surface area contributed by atoms with Crippen LogP contribution < -0.4 is 68.5 Å². The number of carbonyl (C=O) groups excluding carboxylic acids is 7. The van der Waals surface area contributed by atoms with Gasteiger partial charge in [-0.3, -0.25) is 57.6 Å². The van der Waals surface area contributed by atoms with Crippen LogP contribution in [0, 0.1) is 0 Å². The molecule has 45 heteroatoms. The van der Waals surface area contributed by atoms with Crippen LogP contribution in [0.1, 0.15) is 87.8 Å². The lowest BCUT2D eigenvalue weighted by Crippen LogP contribution is -2.58. The highest BCUT2D eigenvalue weighted by Gasteiger charge is 2.41. The van der Waals surface area contributed by atoms with E-state index in [4.69, 9.17) is 20.0 Å². The van der Waals surface area contributed by atoms with Crippen molar-refractivity contribution in [2.24, 2.45) is 5.73 Å². The van der Waals surface area contributed by atoms with Crippen molar-refractivity contribution in [2.45, 2.75) is 156 Å². The number of aromatic nitrogens is 6. The Labute approximate surface area is 705 Å². The van der Waals surface area contributed by atoms with Crippen LogP contribution in [0.4, 0.5) is 17.3 Å². The number of rotatable bonds is 44. The van der Waals surface area contributed by atoms with E-state index in [0.29, 0.717) is 94.0 Å². The van der Waals surface area contributed by atoms with Gasteiger partial charge in [-0.05, 0) is 127 Å². The van der Waals surface area contributed by atoms with Crippen molar-refractivity contribution in [1.29, 1.82) is 0 Å². The standard InChI is InChI=1S/C76H96N18O21S4Si2/c1-9-92(10-2)47-19-22-50-57(30-47)114-58-31-48(93(11-3)12-4)20-23-51(58)65(50)52-24-21-49(32-60(52)119(111,112)113)118(109,110)84-28-27-79-61(95)14-13-29-120(5,6)115-121(7,8)42-117-76-82-36-43(37-83-76)40-94-63(97)34-59(72(94)104)116-41-56(74(107)108)89-70(102)55(35-77)88-69(101)54(33-64(98)99)86-62(96)26-25-53(73(105)106)87-68(100)44-15-17-45(18-16-44)80-38-46-39-81-67-66(85-46)71(103)91-75(78)90-67/h15-24,30-32,36-37,39,53-56,59,84H,9-14,25-29,33-35,38,40-42,77H2,1-8H3,(H12-,78,79,80,81,86,87,88,89,90,91,95,96,98,99,100,101,102,103,105,106,107,108,111,112,113)/p+1/t53-,54-,55-,56-,59?/m0/s1. The average Bonchev–Trinajstić information content (AvgIpc) is 1.25. The van der Waals surface area contributed by atoms with E-state index >= 15 is 0 Å². The molecule has 5 heterocycles. The van der Waals surface area contributed by atoms with E-state index in [2.05, 4.69) is 76.0 Å². The maximum absolute atomic E-state index is 13.8. The van der Waals surface area contributed by atoms with E-state index in [1.54, 1.807) is 0 Å². The van der Waals surface area contributed by atoms with Crippen LogP contribution in [0.25, 0.3) is 44.6 Å². The molecule has 3 aromatic heterocycles. The van der Waals surface area contributed by atoms with Gasteiger partial charge in [-0.15, -0.1) is 11.8 Å². The molecule has 1 saturated heterocycles. The third kappa shape index (κ3) is 25.5. The SMILES string of the molecule is CCN(CC)c1ccc2c(-c3ccc(S(=O)(=O)NCCNC(=O)CCC[Si](C)(C)O[Si](C)(C)CSc4ncc(CN5C(=O)CC(SC[C@H](NC(=O)[C@H](CN)NC(=O)[C@H](CC(=O)O)NC(=O)CC[C@H](NC(=O)c6ccc(NCc7cnc8nc(N)[nH]c(=O)c8n7)cc6)C(=O)O)C(=O)O)C5=O)cn4)cc3S(=O)(=O)O)c3ccc(=[N+](CC)CC)cc-3oc2c1. The number of hydrogen-bond acceptors (Lipinski definition) is 28. The second kappa shape index (κ2) is 41.4. The van der Waals surface area contributed by atoms with Crippen LogP contribution in [0.2, 0.25) is 32.2 Å². The molecule has 1 fully saturated rings. The molecule has 39 nitrogen and oxygen atoms in total. The monoisotopic (exact) mass is 1780 g/mol. The highest BCUT2D eigenvalue weighted by atomic mass is 32.2. The molecule has 3 aliphatic rings. The number of nitrogens with two attached hydrogens (primary N) is 2. The van der Waals surface area contributed by atoms with Crippen LogP contribution in [-0.2, 0) is 80.5 Å². The summed E-state index contributed by atoms with van der Waals surface area (Å²) in [7, 11) is -14.2. The average molecular weight is 1780 g/mol. The quantitative estimate of drug-likeness (QED) is 0.00381. The number of amides is 7. The number of nitrogens with one attached hydrogen (secondary N) is 8. The summed E-state index contributed by atoms with van der Waals surface area (Å²) in [6, 6.07) is 14.1. The number of likely N-dealkylation sites (tertiary alicyclic amines) is 1. The number of aliphatic carboxylic acids is 3. The number of carboxylic acid groups (broad SMARTS) is 3. The summed E-state index contributed by atoms with van der Waals surface area (Å²) in [5.41, 5.74) is 14.4. The predicted octanol–water partition coefficient (Wildman–Crippen LogP) is 3.05. The Morgan fingerprint density at radius 1 is 0.760 bits per heavy atom. The molecular weight excluding hydrogens is 1690 g/mol. The lowest BCUT2D eigenvalue weighted by molar-refractivity contribution is -0.142. The van der Waals surface area contributed by atoms with Gasteiger partial charge in [0.1, 0.15) is 53.5 Å². The number of anilines is 3. The molecule has 6 aromatic rings. The maximum Gasteiger partial charge on any atom is 0.327 e. The van der Waals surface area contributed by atoms with E-state index in [1.807, 2.05) is 90.3 Å². The van der Waals surface area contributed by atoms with E-state index in [9.17, 15) is 89.4 Å². The lowest BCUT2D eigenvalue weighted by Gasteiger charge is -2.33. The number of fused-ring (bicyclic) bond motifs is 3. The first-order valence-corrected chi connectivity index (χ1v) is 49.7. The smallest absolute Gasteiger partial charge is 0.327 e. The zero-order valence-corrected chi connectivity index (χ0v) is 72.7. The molecule has 7 amide bonds. The Morgan fingerprint density at radius 3 is 2.09 bits per heavy atom. The molecule has 0 saturated carbocycles. The van der Waals surface area contributed by atoms with Gasteiger partial charge < -0.3 is 72.1 Å². The van der Waals surface area contributed by atoms with E-state index in [-0.39, 0.29) is 73.2 Å². The minimum atomic E-state index is -5.05. The predicted molar refractivity (Wildman–Crippen MR) is 454 cm³/mol. The summed E-state index contributed by atoms with van der Waals surface area (Å²) >= 11 is 2.12. The normalized spacial score (nSPS) is 14.2. The van der Waals surface area contributed by atoms with E-state index in [1.165, 1.54) is 66.8 Å². The number of thioether (sulfide) groups is 2. The Hall–Kier alpha value is -11.2. The fourth-order valence-corrected chi connectivity index (χ4v) is 26.7. The second-order valence-electron chi connectivity index (χ2n) is 29.3. The van der Waals surface area contributed by atoms with Gasteiger partial charge in [-0.25, -0.2) is 47.2 Å². The minimum absolute atomic E-state index is 0.0238. The van der Waals surface area contributed by atoms with Crippen LogP contribution in [-0.4, -0.2) is 234 Å². The van der Waals surface area contributed by atoms with Crippen LogP contribution in [0.5, 0.6) is 0 Å². The summed E-state index contributed by atoms with van der Waals surface area (Å²) in [6.45, 7) is 18.0. The molecule has 0 spiro atoms. The number of H-pyrrole nitrogens is 1.